The summed E-state index contributed by atoms with van der Waals surface area (Å²) in [5.74, 6) is 2.71. The molecule has 2 aliphatic carbocycles. The molecule has 2 aromatic heterocycles. The Labute approximate surface area is 177 Å². The van der Waals surface area contributed by atoms with Crippen molar-refractivity contribution in [1.29, 1.82) is 0 Å². The van der Waals surface area contributed by atoms with E-state index in [1.54, 1.807) is 12.1 Å². The highest BCUT2D eigenvalue weighted by Crippen LogP contribution is 2.50. The van der Waals surface area contributed by atoms with Gasteiger partial charge in [-0.05, 0) is 66.4 Å². The van der Waals surface area contributed by atoms with Gasteiger partial charge >= 0.3 is 0 Å². The molecular formula is C26H28FN3. The average molecular weight is 402 g/mol. The number of imidazole rings is 1. The molecule has 2 heterocycles. The van der Waals surface area contributed by atoms with Crippen LogP contribution >= 0.6 is 0 Å². The molecule has 0 spiro atoms. The van der Waals surface area contributed by atoms with Crippen molar-refractivity contribution in [3.63, 3.8) is 0 Å². The molecule has 4 atom stereocenters. The summed E-state index contributed by atoms with van der Waals surface area (Å²) in [6.07, 6.45) is 19.2. The van der Waals surface area contributed by atoms with E-state index in [1.807, 2.05) is 36.9 Å². The smallest absolute Gasteiger partial charge is 0.123 e. The van der Waals surface area contributed by atoms with Gasteiger partial charge in [0.2, 0.25) is 0 Å². The lowest BCUT2D eigenvalue weighted by Crippen LogP contribution is -2.20. The van der Waals surface area contributed by atoms with E-state index < -0.39 is 0 Å². The number of halogens is 1. The number of rotatable bonds is 5. The van der Waals surface area contributed by atoms with E-state index in [4.69, 9.17) is 0 Å². The molecular weight excluding hydrogens is 373 g/mol. The fourth-order valence-corrected chi connectivity index (χ4v) is 5.65. The van der Waals surface area contributed by atoms with E-state index >= 15 is 0 Å². The number of hydrogen-bond acceptors (Lipinski definition) is 2. The monoisotopic (exact) mass is 401 g/mol. The number of pyridine rings is 1. The second kappa shape index (κ2) is 8.55. The van der Waals surface area contributed by atoms with E-state index in [-0.39, 0.29) is 5.82 Å². The van der Waals surface area contributed by atoms with Gasteiger partial charge in [0.05, 0.1) is 12.0 Å². The molecule has 5 rings (SSSR count). The quantitative estimate of drug-likeness (QED) is 0.507. The number of nitrogens with zero attached hydrogens (tertiary/aromatic N) is 3. The zero-order valence-electron chi connectivity index (χ0n) is 17.2. The number of benzene rings is 1. The Hall–Kier alpha value is -2.75. The Bertz CT molecular complexity index is 993. The maximum Gasteiger partial charge on any atom is 0.123 e. The standard InChI is InChI=1S/C26H28FN3/c27-23-6-3-5-19(15-23)21-8-9-24(29-16-21)10-11-26-22(17-30-13-12-28-18-30)14-20-4-1-2-7-25(20)26/h3,5-6,8-13,15-16,18,20,22,25-26H,1-2,4,7,14,17H2/t20-,22-,25-,26-/m1/s1. The van der Waals surface area contributed by atoms with Crippen LogP contribution < -0.4 is 0 Å². The van der Waals surface area contributed by atoms with Gasteiger partial charge in [0, 0.05) is 30.7 Å². The molecule has 1 aromatic carbocycles. The van der Waals surface area contributed by atoms with Crippen molar-refractivity contribution in [2.24, 2.45) is 23.7 Å². The zero-order chi connectivity index (χ0) is 20.3. The predicted octanol–water partition coefficient (Wildman–Crippen LogP) is 6.24. The fraction of sp³-hybridized carbons (Fsp3) is 0.385. The molecule has 0 bridgehead atoms. The van der Waals surface area contributed by atoms with Crippen molar-refractivity contribution in [2.45, 2.75) is 38.6 Å². The summed E-state index contributed by atoms with van der Waals surface area (Å²) >= 11 is 0. The highest BCUT2D eigenvalue weighted by Gasteiger charge is 2.42. The van der Waals surface area contributed by atoms with Gasteiger partial charge < -0.3 is 4.57 Å². The molecule has 154 valence electrons. The first-order valence-corrected chi connectivity index (χ1v) is 11.1. The second-order valence-electron chi connectivity index (χ2n) is 8.88. The molecule has 2 aliphatic rings. The Kier molecular flexibility index (Phi) is 5.48. The van der Waals surface area contributed by atoms with Crippen molar-refractivity contribution in [2.75, 3.05) is 0 Å². The molecule has 2 fully saturated rings. The zero-order valence-corrected chi connectivity index (χ0v) is 17.2. The summed E-state index contributed by atoms with van der Waals surface area (Å²) in [6, 6.07) is 10.7. The molecule has 0 radical (unpaired) electrons. The molecule has 0 amide bonds. The van der Waals surface area contributed by atoms with Crippen molar-refractivity contribution in [3.05, 3.63) is 78.9 Å². The largest absolute Gasteiger partial charge is 0.337 e. The van der Waals surface area contributed by atoms with Crippen LogP contribution in [0, 0.1) is 29.5 Å². The maximum atomic E-state index is 13.5. The first-order chi connectivity index (χ1) is 14.8. The molecule has 30 heavy (non-hydrogen) atoms. The molecule has 0 N–H and O–H groups in total. The van der Waals surface area contributed by atoms with Crippen LogP contribution in [0.15, 0.2) is 67.4 Å². The number of allylic oxidation sites excluding steroid dienone is 1. The van der Waals surface area contributed by atoms with Crippen molar-refractivity contribution < 1.29 is 4.39 Å². The van der Waals surface area contributed by atoms with E-state index in [0.29, 0.717) is 11.8 Å². The average Bonchev–Trinajstić information content (AvgIpc) is 3.40. The van der Waals surface area contributed by atoms with Gasteiger partial charge in [-0.25, -0.2) is 9.37 Å². The lowest BCUT2D eigenvalue weighted by Gasteiger charge is -2.28. The second-order valence-corrected chi connectivity index (χ2v) is 8.88. The number of hydrogen-bond donors (Lipinski definition) is 0. The summed E-state index contributed by atoms with van der Waals surface area (Å²) in [4.78, 5) is 8.85. The van der Waals surface area contributed by atoms with Crippen LogP contribution in [0.3, 0.4) is 0 Å². The predicted molar refractivity (Wildman–Crippen MR) is 118 cm³/mol. The van der Waals surface area contributed by atoms with Gasteiger partial charge in [0.25, 0.3) is 0 Å². The highest BCUT2D eigenvalue weighted by atomic mass is 19.1. The van der Waals surface area contributed by atoms with E-state index in [0.717, 1.165) is 35.2 Å². The molecule has 3 nitrogen and oxygen atoms in total. The SMILES string of the molecule is Fc1cccc(-c2ccc(C=C[C@@H]3[C@@H](Cn4ccnc4)C[C@H]4CCCC[C@H]43)nc2)c1. The topological polar surface area (TPSA) is 30.7 Å². The number of aromatic nitrogens is 3. The molecule has 4 heteroatoms. The molecule has 0 aliphatic heterocycles. The Morgan fingerprint density at radius 1 is 1.10 bits per heavy atom. The van der Waals surface area contributed by atoms with E-state index in [2.05, 4.69) is 32.9 Å². The summed E-state index contributed by atoms with van der Waals surface area (Å²) in [7, 11) is 0. The fourth-order valence-electron chi connectivity index (χ4n) is 5.65. The highest BCUT2D eigenvalue weighted by molar-refractivity contribution is 5.63. The van der Waals surface area contributed by atoms with E-state index in [1.165, 1.54) is 38.2 Å². The minimum Gasteiger partial charge on any atom is -0.337 e. The molecule has 3 aromatic rings. The first-order valence-electron chi connectivity index (χ1n) is 11.1. The third-order valence-electron chi connectivity index (χ3n) is 7.05. The van der Waals surface area contributed by atoms with Crippen LogP contribution in [-0.2, 0) is 6.54 Å². The van der Waals surface area contributed by atoms with Crippen LogP contribution in [0.5, 0.6) is 0 Å². The van der Waals surface area contributed by atoms with Crippen molar-refractivity contribution in [1.82, 2.24) is 14.5 Å². The first kappa shape index (κ1) is 19.2. The summed E-state index contributed by atoms with van der Waals surface area (Å²) in [5, 5.41) is 0. The van der Waals surface area contributed by atoms with Crippen LogP contribution in [0.25, 0.3) is 17.2 Å². The van der Waals surface area contributed by atoms with Gasteiger partial charge in [0.15, 0.2) is 0 Å². The minimum absolute atomic E-state index is 0.219. The van der Waals surface area contributed by atoms with Crippen LogP contribution in [-0.4, -0.2) is 14.5 Å². The van der Waals surface area contributed by atoms with Gasteiger partial charge in [-0.3, -0.25) is 4.98 Å². The Morgan fingerprint density at radius 3 is 2.83 bits per heavy atom. The summed E-state index contributed by atoms with van der Waals surface area (Å²) < 4.78 is 15.7. The van der Waals surface area contributed by atoms with Gasteiger partial charge in [-0.2, -0.15) is 0 Å². The van der Waals surface area contributed by atoms with Gasteiger partial charge in [0.1, 0.15) is 5.82 Å². The molecule has 0 saturated heterocycles. The number of fused-ring (bicyclic) bond motifs is 1. The normalized spacial score (nSPS) is 26.2. The third-order valence-corrected chi connectivity index (χ3v) is 7.05. The molecule has 0 unspecified atom stereocenters. The Balaban J connectivity index is 1.34. The van der Waals surface area contributed by atoms with Gasteiger partial charge in [-0.15, -0.1) is 0 Å². The summed E-state index contributed by atoms with van der Waals surface area (Å²) in [6.45, 7) is 1.05. The third kappa shape index (κ3) is 4.09. The van der Waals surface area contributed by atoms with Crippen LogP contribution in [0.1, 0.15) is 37.8 Å². The lowest BCUT2D eigenvalue weighted by molar-refractivity contribution is 0.245. The summed E-state index contributed by atoms with van der Waals surface area (Å²) in [5.41, 5.74) is 2.77. The molecule has 2 saturated carbocycles. The van der Waals surface area contributed by atoms with E-state index in [9.17, 15) is 4.39 Å². The van der Waals surface area contributed by atoms with Gasteiger partial charge in [-0.1, -0.05) is 43.5 Å². The maximum absolute atomic E-state index is 13.5. The van der Waals surface area contributed by atoms with Crippen molar-refractivity contribution >= 4 is 6.08 Å². The van der Waals surface area contributed by atoms with Crippen LogP contribution in [0.4, 0.5) is 4.39 Å². The van der Waals surface area contributed by atoms with Crippen LogP contribution in [0.2, 0.25) is 0 Å². The Morgan fingerprint density at radius 2 is 2.03 bits per heavy atom. The van der Waals surface area contributed by atoms with Crippen molar-refractivity contribution in [3.8, 4) is 11.1 Å². The lowest BCUT2D eigenvalue weighted by atomic mass is 9.77. The minimum atomic E-state index is -0.219.